The zero-order valence-electron chi connectivity index (χ0n) is 17.3. The van der Waals surface area contributed by atoms with E-state index in [1.54, 1.807) is 22.1 Å². The molecule has 3 heterocycles. The van der Waals surface area contributed by atoms with Crippen molar-refractivity contribution in [2.45, 2.75) is 45.0 Å². The van der Waals surface area contributed by atoms with Gasteiger partial charge in [0.25, 0.3) is 0 Å². The number of amides is 2. The molecule has 0 saturated carbocycles. The van der Waals surface area contributed by atoms with E-state index in [0.29, 0.717) is 49.5 Å². The van der Waals surface area contributed by atoms with Crippen LogP contribution >= 0.6 is 11.8 Å². The lowest BCUT2D eigenvalue weighted by atomic mass is 10.2. The molecule has 2 aromatic heterocycles. The van der Waals surface area contributed by atoms with Crippen molar-refractivity contribution in [3.63, 3.8) is 0 Å². The van der Waals surface area contributed by atoms with Gasteiger partial charge >= 0.3 is 6.09 Å². The first kappa shape index (κ1) is 21.2. The van der Waals surface area contributed by atoms with Crippen LogP contribution in [-0.4, -0.2) is 74.1 Å². The van der Waals surface area contributed by atoms with Crippen molar-refractivity contribution in [2.24, 2.45) is 0 Å². The lowest BCUT2D eigenvalue weighted by Crippen LogP contribution is -2.52. The van der Waals surface area contributed by atoms with Crippen LogP contribution in [0.15, 0.2) is 28.0 Å². The van der Waals surface area contributed by atoms with Gasteiger partial charge in [-0.2, -0.15) is 0 Å². The minimum atomic E-state index is -0.523. The smallest absolute Gasteiger partial charge is 0.410 e. The molecule has 0 aromatic carbocycles. The third kappa shape index (κ3) is 5.31. The predicted octanol–water partition coefficient (Wildman–Crippen LogP) is 2.73. The molecule has 0 radical (unpaired) electrons. The van der Waals surface area contributed by atoms with Gasteiger partial charge < -0.3 is 19.0 Å². The van der Waals surface area contributed by atoms with Gasteiger partial charge in [-0.15, -0.1) is 10.2 Å². The Labute approximate surface area is 174 Å². The molecule has 1 fully saturated rings. The van der Waals surface area contributed by atoms with Gasteiger partial charge in [0.1, 0.15) is 5.60 Å². The normalized spacial score (nSPS) is 14.9. The molecule has 0 N–H and O–H groups in total. The molecule has 0 unspecified atom stereocenters. The molecule has 0 atom stereocenters. The molecule has 1 aliphatic rings. The lowest BCUT2D eigenvalue weighted by Gasteiger charge is -2.35. The SMILES string of the molecule is CCn1c(SCC(=O)N2CCN(C(=O)OC(C)(C)C)CC2)nnc1-c1ccco1. The van der Waals surface area contributed by atoms with Crippen LogP contribution in [0.5, 0.6) is 0 Å². The Bertz CT molecular complexity index is 835. The van der Waals surface area contributed by atoms with Gasteiger partial charge in [-0.3, -0.25) is 9.36 Å². The first-order chi connectivity index (χ1) is 13.8. The summed E-state index contributed by atoms with van der Waals surface area (Å²) in [6, 6.07) is 3.64. The van der Waals surface area contributed by atoms with Crippen LogP contribution in [0.1, 0.15) is 27.7 Å². The number of nitrogens with zero attached hydrogens (tertiary/aromatic N) is 5. The van der Waals surface area contributed by atoms with E-state index in [1.165, 1.54) is 11.8 Å². The van der Waals surface area contributed by atoms with Crippen LogP contribution in [-0.2, 0) is 16.1 Å². The molecule has 3 rings (SSSR count). The van der Waals surface area contributed by atoms with Gasteiger partial charge in [0.15, 0.2) is 16.7 Å². The highest BCUT2D eigenvalue weighted by atomic mass is 32.2. The first-order valence-electron chi connectivity index (χ1n) is 9.64. The summed E-state index contributed by atoms with van der Waals surface area (Å²) >= 11 is 1.36. The Kier molecular flexibility index (Phi) is 6.51. The van der Waals surface area contributed by atoms with Crippen molar-refractivity contribution in [3.8, 4) is 11.6 Å². The second kappa shape index (κ2) is 8.89. The van der Waals surface area contributed by atoms with E-state index in [4.69, 9.17) is 9.15 Å². The maximum Gasteiger partial charge on any atom is 0.410 e. The summed E-state index contributed by atoms with van der Waals surface area (Å²) in [5.74, 6) is 1.58. The molecule has 29 heavy (non-hydrogen) atoms. The fourth-order valence-corrected chi connectivity index (χ4v) is 3.86. The summed E-state index contributed by atoms with van der Waals surface area (Å²) in [7, 11) is 0. The zero-order chi connectivity index (χ0) is 21.0. The molecule has 0 spiro atoms. The van der Waals surface area contributed by atoms with Crippen molar-refractivity contribution in [1.82, 2.24) is 24.6 Å². The number of ether oxygens (including phenoxy) is 1. The maximum absolute atomic E-state index is 12.6. The number of rotatable bonds is 5. The fourth-order valence-electron chi connectivity index (χ4n) is 2.95. The molecule has 2 amide bonds. The predicted molar refractivity (Wildman–Crippen MR) is 109 cm³/mol. The summed E-state index contributed by atoms with van der Waals surface area (Å²) in [6.07, 6.45) is 1.26. The van der Waals surface area contributed by atoms with E-state index in [1.807, 2.05) is 38.3 Å². The third-order valence-electron chi connectivity index (χ3n) is 4.38. The molecule has 2 aromatic rings. The molecule has 158 valence electrons. The minimum absolute atomic E-state index is 0.0176. The number of aromatic nitrogens is 3. The highest BCUT2D eigenvalue weighted by Crippen LogP contribution is 2.24. The van der Waals surface area contributed by atoms with Gasteiger partial charge in [-0.1, -0.05) is 11.8 Å². The topological polar surface area (TPSA) is 93.7 Å². The number of piperazine rings is 1. The highest BCUT2D eigenvalue weighted by molar-refractivity contribution is 7.99. The largest absolute Gasteiger partial charge is 0.461 e. The molecule has 10 heteroatoms. The van der Waals surface area contributed by atoms with E-state index in [0.717, 1.165) is 0 Å². The second-order valence-corrected chi connectivity index (χ2v) is 8.61. The Morgan fingerprint density at radius 3 is 2.45 bits per heavy atom. The van der Waals surface area contributed by atoms with Gasteiger partial charge in [0, 0.05) is 32.7 Å². The molecule has 1 aliphatic heterocycles. The number of hydrogen-bond donors (Lipinski definition) is 0. The Balaban J connectivity index is 1.52. The zero-order valence-corrected chi connectivity index (χ0v) is 18.1. The van der Waals surface area contributed by atoms with Crippen LogP contribution in [0.2, 0.25) is 0 Å². The van der Waals surface area contributed by atoms with Crippen LogP contribution in [0.4, 0.5) is 4.79 Å². The fraction of sp³-hybridized carbons (Fsp3) is 0.579. The summed E-state index contributed by atoms with van der Waals surface area (Å²) in [4.78, 5) is 28.2. The quantitative estimate of drug-likeness (QED) is 0.685. The average Bonchev–Trinajstić information content (AvgIpc) is 3.33. The van der Waals surface area contributed by atoms with E-state index in [2.05, 4.69) is 10.2 Å². The van der Waals surface area contributed by atoms with Gasteiger partial charge in [0.05, 0.1) is 12.0 Å². The Morgan fingerprint density at radius 2 is 1.86 bits per heavy atom. The average molecular weight is 422 g/mol. The lowest BCUT2D eigenvalue weighted by molar-refractivity contribution is -0.130. The van der Waals surface area contributed by atoms with Crippen LogP contribution in [0.3, 0.4) is 0 Å². The van der Waals surface area contributed by atoms with Crippen LogP contribution in [0, 0.1) is 0 Å². The number of furan rings is 1. The molecular formula is C19H27N5O4S. The molecule has 0 bridgehead atoms. The molecule has 1 saturated heterocycles. The van der Waals surface area contributed by atoms with Crippen molar-refractivity contribution in [1.29, 1.82) is 0 Å². The standard InChI is InChI=1S/C19H27N5O4S/c1-5-24-16(14-7-6-12-27-14)20-21-17(24)29-13-15(25)22-8-10-23(11-9-22)18(26)28-19(2,3)4/h6-7,12H,5,8-11,13H2,1-4H3. The number of hydrogen-bond acceptors (Lipinski definition) is 7. The molecular weight excluding hydrogens is 394 g/mol. The maximum atomic E-state index is 12.6. The van der Waals surface area contributed by atoms with E-state index in [9.17, 15) is 9.59 Å². The van der Waals surface area contributed by atoms with Crippen molar-refractivity contribution >= 4 is 23.8 Å². The number of carbonyl (C=O) groups is 2. The summed E-state index contributed by atoms with van der Waals surface area (Å²) in [6.45, 7) is 10.1. The monoisotopic (exact) mass is 421 g/mol. The van der Waals surface area contributed by atoms with Gasteiger partial charge in [-0.25, -0.2) is 4.79 Å². The molecule has 9 nitrogen and oxygen atoms in total. The summed E-state index contributed by atoms with van der Waals surface area (Å²) in [5.41, 5.74) is -0.523. The first-order valence-corrected chi connectivity index (χ1v) is 10.6. The van der Waals surface area contributed by atoms with E-state index < -0.39 is 5.60 Å². The van der Waals surface area contributed by atoms with E-state index in [-0.39, 0.29) is 17.8 Å². The van der Waals surface area contributed by atoms with Crippen molar-refractivity contribution in [2.75, 3.05) is 31.9 Å². The Morgan fingerprint density at radius 1 is 1.17 bits per heavy atom. The third-order valence-corrected chi connectivity index (χ3v) is 5.33. The van der Waals surface area contributed by atoms with Gasteiger partial charge in [0.2, 0.25) is 5.91 Å². The second-order valence-electron chi connectivity index (χ2n) is 7.66. The summed E-state index contributed by atoms with van der Waals surface area (Å²) in [5, 5.41) is 9.08. The van der Waals surface area contributed by atoms with Crippen LogP contribution < -0.4 is 0 Å². The number of carbonyl (C=O) groups excluding carboxylic acids is 2. The van der Waals surface area contributed by atoms with Crippen LogP contribution in [0.25, 0.3) is 11.6 Å². The Hall–Kier alpha value is -2.49. The van der Waals surface area contributed by atoms with Crippen molar-refractivity contribution in [3.05, 3.63) is 18.4 Å². The highest BCUT2D eigenvalue weighted by Gasteiger charge is 2.28. The van der Waals surface area contributed by atoms with E-state index >= 15 is 0 Å². The minimum Gasteiger partial charge on any atom is -0.461 e. The number of thioether (sulfide) groups is 1. The summed E-state index contributed by atoms with van der Waals surface area (Å²) < 4.78 is 12.7. The molecule has 0 aliphatic carbocycles. The van der Waals surface area contributed by atoms with Gasteiger partial charge in [-0.05, 0) is 39.8 Å². The van der Waals surface area contributed by atoms with Crippen molar-refractivity contribution < 1.29 is 18.7 Å².